The highest BCUT2D eigenvalue weighted by atomic mass is 29.7. The Balaban J connectivity index is 3.37. The Morgan fingerprint density at radius 1 is 1.50 bits per heavy atom. The molecule has 0 amide bonds. The van der Waals surface area contributed by atoms with Crippen molar-refractivity contribution in [1.82, 2.24) is 0 Å². The lowest BCUT2D eigenvalue weighted by Crippen LogP contribution is -2.37. The molecule has 0 aromatic carbocycles. The van der Waals surface area contributed by atoms with Crippen molar-refractivity contribution in [3.05, 3.63) is 0 Å². The second-order valence-corrected chi connectivity index (χ2v) is 33.5. The first-order chi connectivity index (χ1) is 3.62. The van der Waals surface area contributed by atoms with E-state index in [9.17, 15) is 0 Å². The summed E-state index contributed by atoms with van der Waals surface area (Å²) in [5.41, 5.74) is 0. The van der Waals surface area contributed by atoms with E-state index in [0.717, 1.165) is 0 Å². The molecule has 8 heavy (non-hydrogen) atoms. The van der Waals surface area contributed by atoms with E-state index in [2.05, 4.69) is 20.0 Å². The first kappa shape index (κ1) is 8.87. The van der Waals surface area contributed by atoms with Gasteiger partial charge in [0.2, 0.25) is 0 Å². The Bertz CT molecular complexity index is 61.1. The molecule has 0 spiro atoms. The van der Waals surface area contributed by atoms with Crippen LogP contribution in [0.3, 0.4) is 0 Å². The first-order valence-electron chi connectivity index (χ1n) is 3.62. The number of hydrogen-bond donors (Lipinski definition) is 0. The molecule has 0 unspecified atom stereocenters. The van der Waals surface area contributed by atoms with Crippen molar-refractivity contribution in [2.45, 2.75) is 26.1 Å². The molecule has 0 N–H and O–H groups in total. The van der Waals surface area contributed by atoms with Gasteiger partial charge in [-0.1, -0.05) is 26.1 Å². The molecule has 0 atom stereocenters. The maximum atomic E-state index is 2.59. The third-order valence-corrected chi connectivity index (χ3v) is 42.9. The largest absolute Gasteiger partial charge is 0.0720 e. The molecule has 0 bridgehead atoms. The van der Waals surface area contributed by atoms with Crippen molar-refractivity contribution in [3.63, 3.8) is 0 Å². The van der Waals surface area contributed by atoms with Crippen LogP contribution in [0.4, 0.5) is 0 Å². The summed E-state index contributed by atoms with van der Waals surface area (Å²) in [5.74, 6) is 0. The molecule has 4 heteroatoms. The summed E-state index contributed by atoms with van der Waals surface area (Å²) in [7, 11) is 2.40. The van der Waals surface area contributed by atoms with Gasteiger partial charge in [0.15, 0.2) is 0 Å². The molecule has 0 radical (unpaired) electrons. The highest BCUT2D eigenvalue weighted by molar-refractivity contribution is 7.50. The molecule has 0 aliphatic heterocycles. The van der Waals surface area contributed by atoms with E-state index in [1.165, 1.54) is 0 Å². The van der Waals surface area contributed by atoms with Crippen LogP contribution in [0.5, 0.6) is 0 Å². The summed E-state index contributed by atoms with van der Waals surface area (Å²) in [4.78, 5) is 0. The van der Waals surface area contributed by atoms with Crippen molar-refractivity contribution >= 4 is 34.5 Å². The molecule has 0 aliphatic rings. The summed E-state index contributed by atoms with van der Waals surface area (Å²) in [6.07, 6.45) is 0. The van der Waals surface area contributed by atoms with Crippen molar-refractivity contribution in [2.75, 3.05) is 0 Å². The average molecular weight is 179 g/mol. The Labute approximate surface area is 60.9 Å². The van der Waals surface area contributed by atoms with E-state index in [1.54, 1.807) is 15.8 Å². The quantitative estimate of drug-likeness (QED) is 0.474. The summed E-state index contributed by atoms with van der Waals surface area (Å²) in [6.45, 7) is 7.57. The zero-order chi connectivity index (χ0) is 6.62. The second kappa shape index (κ2) is 3.81. The molecule has 0 aliphatic carbocycles. The van der Waals surface area contributed by atoms with Gasteiger partial charge in [0.25, 0.3) is 0 Å². The van der Waals surface area contributed by atoms with Gasteiger partial charge in [0.05, 0.1) is 0 Å². The van der Waals surface area contributed by atoms with E-state index >= 15 is 0 Å². The smallest absolute Gasteiger partial charge is 0.0304 e. The van der Waals surface area contributed by atoms with Crippen molar-refractivity contribution in [1.29, 1.82) is 0 Å². The van der Waals surface area contributed by atoms with Crippen LogP contribution in [0.25, 0.3) is 0 Å². The van der Waals surface area contributed by atoms with E-state index in [4.69, 9.17) is 0 Å². The summed E-state index contributed by atoms with van der Waals surface area (Å²) >= 11 is 0. The van der Waals surface area contributed by atoms with Gasteiger partial charge in [-0.25, -0.2) is 0 Å². The predicted molar refractivity (Wildman–Crippen MR) is 55.0 cm³/mol. The van der Waals surface area contributed by atoms with Gasteiger partial charge in [-0.2, -0.15) is 0 Å². The van der Waals surface area contributed by atoms with Gasteiger partial charge in [-0.3, -0.25) is 0 Å². The number of rotatable bonds is 3. The van der Waals surface area contributed by atoms with E-state index in [1.807, 2.05) is 0 Å². The highest BCUT2D eigenvalue weighted by Crippen LogP contribution is 2.03. The van der Waals surface area contributed by atoms with Crippen molar-refractivity contribution < 1.29 is 0 Å². The van der Waals surface area contributed by atoms with Crippen LogP contribution in [-0.4, -0.2) is 34.5 Å². The maximum Gasteiger partial charge on any atom is 0.0304 e. The van der Waals surface area contributed by atoms with Crippen LogP contribution < -0.4 is 0 Å². The molecule has 0 rings (SSSR count). The standard InChI is InChI=1S/C4H18Si4/c1-4-8(2,3)7-6-5/h4,6-7H2,1-3,5H3. The molecule has 0 fully saturated rings. The Hall–Kier alpha value is 0.868. The molecule has 0 heterocycles. The Morgan fingerprint density at radius 3 is 2.12 bits per heavy atom. The lowest BCUT2D eigenvalue weighted by Gasteiger charge is -2.17. The zero-order valence-electron chi connectivity index (χ0n) is 6.62. The zero-order valence-corrected chi connectivity index (χ0v) is 12.4. The highest BCUT2D eigenvalue weighted by Gasteiger charge is 2.15. The van der Waals surface area contributed by atoms with Gasteiger partial charge in [0.1, 0.15) is 0 Å². The van der Waals surface area contributed by atoms with Gasteiger partial charge >= 0.3 is 0 Å². The fraction of sp³-hybridized carbons (Fsp3) is 1.00. The van der Waals surface area contributed by atoms with Gasteiger partial charge in [0, 0.05) is 16.1 Å². The van der Waals surface area contributed by atoms with Crippen LogP contribution in [-0.2, 0) is 0 Å². The normalized spacial score (nSPS) is 15.4. The summed E-state index contributed by atoms with van der Waals surface area (Å²) in [6, 6.07) is 1.56. The lowest BCUT2D eigenvalue weighted by atomic mass is 11.0. The first-order valence-corrected chi connectivity index (χ1v) is 18.8. The monoisotopic (exact) mass is 178 g/mol. The summed E-state index contributed by atoms with van der Waals surface area (Å²) < 4.78 is 0. The minimum absolute atomic E-state index is 0.442. The van der Waals surface area contributed by atoms with Crippen LogP contribution in [0.15, 0.2) is 0 Å². The van der Waals surface area contributed by atoms with Gasteiger partial charge < -0.3 is 0 Å². The number of hydrogen-bond acceptors (Lipinski definition) is 0. The van der Waals surface area contributed by atoms with Crippen LogP contribution in [0.1, 0.15) is 6.92 Å². The predicted octanol–water partition coefficient (Wildman–Crippen LogP) is -1.26. The van der Waals surface area contributed by atoms with Crippen LogP contribution >= 0.6 is 0 Å². The van der Waals surface area contributed by atoms with Gasteiger partial charge in [-0.05, 0) is 18.3 Å². The third-order valence-electron chi connectivity index (χ3n) is 1.88. The fourth-order valence-corrected chi connectivity index (χ4v) is 59.6. The minimum atomic E-state index is -0.442. The lowest BCUT2D eigenvalue weighted by molar-refractivity contribution is 1.40. The molecule has 50 valence electrons. The maximum absolute atomic E-state index is 2.59. The fourth-order valence-electron chi connectivity index (χ4n) is 0.854. The SMILES string of the molecule is CC[Si](C)(C)[SiH2][SiH2][SiH3]. The molecule has 0 saturated carbocycles. The van der Waals surface area contributed by atoms with Crippen molar-refractivity contribution in [2.24, 2.45) is 0 Å². The van der Waals surface area contributed by atoms with Crippen LogP contribution in [0, 0.1) is 0 Å². The van der Waals surface area contributed by atoms with Crippen LogP contribution in [0.2, 0.25) is 19.1 Å². The van der Waals surface area contributed by atoms with E-state index < -0.39 is 7.59 Å². The summed E-state index contributed by atoms with van der Waals surface area (Å²) in [5, 5.41) is 0. The molecular formula is C4H18Si4. The molecule has 0 nitrogen and oxygen atoms in total. The third kappa shape index (κ3) is 3.82. The van der Waals surface area contributed by atoms with Crippen molar-refractivity contribution in [3.8, 4) is 0 Å². The molecule has 0 saturated heterocycles. The van der Waals surface area contributed by atoms with Gasteiger partial charge in [-0.15, -0.1) is 0 Å². The minimum Gasteiger partial charge on any atom is -0.0720 e. The van der Waals surface area contributed by atoms with E-state index in [-0.39, 0.29) is 0 Å². The molecule has 0 aromatic rings. The Kier molecular flexibility index (Phi) is 4.22. The molecular weight excluding hydrogens is 160 g/mol. The topological polar surface area (TPSA) is 0 Å². The second-order valence-electron chi connectivity index (χ2n) is 3.27. The Morgan fingerprint density at radius 2 is 2.00 bits per heavy atom. The molecule has 0 aromatic heterocycles. The van der Waals surface area contributed by atoms with E-state index in [0.29, 0.717) is 17.1 Å². The average Bonchev–Trinajstić information content (AvgIpc) is 1.67.